The van der Waals surface area contributed by atoms with Crippen molar-refractivity contribution >= 4 is 39.1 Å². The fraction of sp³-hybridized carbons (Fsp3) is 0.462. The molecular formula is C13H17BrClNO3. The number of hydrogen-bond donors (Lipinski definition) is 2. The first kappa shape index (κ1) is 16.3. The molecule has 1 aromatic carbocycles. The van der Waals surface area contributed by atoms with Gasteiger partial charge in [-0.3, -0.25) is 4.79 Å². The quantitative estimate of drug-likeness (QED) is 0.739. The predicted molar refractivity (Wildman–Crippen MR) is 79.9 cm³/mol. The zero-order valence-corrected chi connectivity index (χ0v) is 13.1. The van der Waals surface area contributed by atoms with E-state index in [4.69, 9.17) is 21.4 Å². The highest BCUT2D eigenvalue weighted by atomic mass is 79.9. The smallest absolute Gasteiger partial charge is 0.224 e. The summed E-state index contributed by atoms with van der Waals surface area (Å²) in [6, 6.07) is 3.37. The van der Waals surface area contributed by atoms with Crippen molar-refractivity contribution in [3.63, 3.8) is 0 Å². The van der Waals surface area contributed by atoms with Crippen molar-refractivity contribution in [1.29, 1.82) is 0 Å². The van der Waals surface area contributed by atoms with Crippen LogP contribution in [-0.2, 0) is 4.79 Å². The van der Waals surface area contributed by atoms with Crippen LogP contribution in [0.15, 0.2) is 16.6 Å². The number of aliphatic hydroxyl groups is 1. The van der Waals surface area contributed by atoms with Gasteiger partial charge in [0.05, 0.1) is 16.8 Å². The van der Waals surface area contributed by atoms with Gasteiger partial charge in [-0.1, -0.05) is 11.6 Å². The lowest BCUT2D eigenvalue weighted by Crippen LogP contribution is -2.12. The Hall–Kier alpha value is -0.780. The van der Waals surface area contributed by atoms with Crippen LogP contribution in [0.4, 0.5) is 5.69 Å². The highest BCUT2D eigenvalue weighted by molar-refractivity contribution is 9.10. The minimum absolute atomic E-state index is 0.0974. The first-order chi connectivity index (χ1) is 9.08. The third kappa shape index (κ3) is 5.38. The van der Waals surface area contributed by atoms with E-state index in [2.05, 4.69) is 21.2 Å². The van der Waals surface area contributed by atoms with Gasteiger partial charge < -0.3 is 15.2 Å². The van der Waals surface area contributed by atoms with Crippen molar-refractivity contribution in [2.75, 3.05) is 18.5 Å². The second-order valence-corrected chi connectivity index (χ2v) is 5.22. The minimum Gasteiger partial charge on any atom is -0.491 e. The fourth-order valence-electron chi connectivity index (χ4n) is 1.55. The number of anilines is 1. The van der Waals surface area contributed by atoms with Gasteiger partial charge in [-0.2, -0.15) is 0 Å². The lowest BCUT2D eigenvalue weighted by molar-refractivity contribution is -0.116. The number of amides is 1. The van der Waals surface area contributed by atoms with Crippen molar-refractivity contribution in [3.8, 4) is 5.75 Å². The molecule has 0 saturated carbocycles. The van der Waals surface area contributed by atoms with Crippen molar-refractivity contribution in [1.82, 2.24) is 0 Å². The summed E-state index contributed by atoms with van der Waals surface area (Å²) in [6.07, 6.45) is 1.62. The van der Waals surface area contributed by atoms with E-state index in [1.54, 1.807) is 12.1 Å². The standard InChI is InChI=1S/C13H17BrClNO3/c1-2-19-13-10(14)7-9(15)8-11(13)16-12(18)5-3-4-6-17/h7-8,17H,2-6H2,1H3,(H,16,18). The van der Waals surface area contributed by atoms with E-state index in [1.807, 2.05) is 6.92 Å². The zero-order chi connectivity index (χ0) is 14.3. The van der Waals surface area contributed by atoms with Gasteiger partial charge in [0.25, 0.3) is 0 Å². The van der Waals surface area contributed by atoms with Gasteiger partial charge in [0.1, 0.15) is 0 Å². The number of halogens is 2. The average molecular weight is 351 g/mol. The van der Waals surface area contributed by atoms with E-state index in [0.29, 0.717) is 46.8 Å². The number of carbonyl (C=O) groups is 1. The molecule has 0 spiro atoms. The molecule has 0 aromatic heterocycles. The second kappa shape index (κ2) is 8.40. The zero-order valence-electron chi connectivity index (χ0n) is 10.7. The summed E-state index contributed by atoms with van der Waals surface area (Å²) in [6.45, 7) is 2.46. The van der Waals surface area contributed by atoms with E-state index in [-0.39, 0.29) is 12.5 Å². The van der Waals surface area contributed by atoms with Crippen LogP contribution in [0.25, 0.3) is 0 Å². The average Bonchev–Trinajstić information content (AvgIpc) is 2.34. The molecule has 6 heteroatoms. The summed E-state index contributed by atoms with van der Waals surface area (Å²) < 4.78 is 6.19. The highest BCUT2D eigenvalue weighted by Crippen LogP contribution is 2.36. The molecule has 0 atom stereocenters. The van der Waals surface area contributed by atoms with Gasteiger partial charge >= 0.3 is 0 Å². The number of benzene rings is 1. The van der Waals surface area contributed by atoms with Crippen LogP contribution in [0.5, 0.6) is 5.75 Å². The topological polar surface area (TPSA) is 58.6 Å². The van der Waals surface area contributed by atoms with E-state index >= 15 is 0 Å². The molecule has 0 heterocycles. The van der Waals surface area contributed by atoms with Crippen LogP contribution in [0.3, 0.4) is 0 Å². The first-order valence-corrected chi connectivity index (χ1v) is 7.28. The maximum absolute atomic E-state index is 11.8. The molecule has 19 heavy (non-hydrogen) atoms. The minimum atomic E-state index is -0.122. The summed E-state index contributed by atoms with van der Waals surface area (Å²) >= 11 is 9.32. The monoisotopic (exact) mass is 349 g/mol. The lowest BCUT2D eigenvalue weighted by Gasteiger charge is -2.13. The third-order valence-electron chi connectivity index (χ3n) is 2.38. The number of rotatable bonds is 7. The number of aliphatic hydroxyl groups excluding tert-OH is 1. The van der Waals surface area contributed by atoms with Crippen LogP contribution < -0.4 is 10.1 Å². The molecule has 106 valence electrons. The third-order valence-corrected chi connectivity index (χ3v) is 3.19. The number of hydrogen-bond acceptors (Lipinski definition) is 3. The Morgan fingerprint density at radius 2 is 2.21 bits per heavy atom. The lowest BCUT2D eigenvalue weighted by atomic mass is 10.2. The van der Waals surface area contributed by atoms with Crippen LogP contribution >= 0.6 is 27.5 Å². The highest BCUT2D eigenvalue weighted by Gasteiger charge is 2.12. The van der Waals surface area contributed by atoms with E-state index in [9.17, 15) is 4.79 Å². The van der Waals surface area contributed by atoms with Gasteiger partial charge in [0.2, 0.25) is 5.91 Å². The van der Waals surface area contributed by atoms with Gasteiger partial charge in [0, 0.05) is 18.1 Å². The number of nitrogens with one attached hydrogen (secondary N) is 1. The molecule has 1 amide bonds. The molecular weight excluding hydrogens is 334 g/mol. The Morgan fingerprint density at radius 1 is 1.47 bits per heavy atom. The summed E-state index contributed by atoms with van der Waals surface area (Å²) in [5, 5.41) is 12.0. The Morgan fingerprint density at radius 3 is 2.84 bits per heavy atom. The molecule has 0 saturated heterocycles. The molecule has 1 rings (SSSR count). The van der Waals surface area contributed by atoms with Gasteiger partial charge in [-0.25, -0.2) is 0 Å². The number of ether oxygens (including phenoxy) is 1. The Labute approximate surface area is 126 Å². The van der Waals surface area contributed by atoms with Crippen molar-refractivity contribution in [2.24, 2.45) is 0 Å². The Bertz CT molecular complexity index is 440. The molecule has 0 aliphatic heterocycles. The molecule has 0 aliphatic rings. The van der Waals surface area contributed by atoms with Crippen LogP contribution in [0.2, 0.25) is 5.02 Å². The molecule has 0 bridgehead atoms. The van der Waals surface area contributed by atoms with E-state index in [0.717, 1.165) is 0 Å². The SMILES string of the molecule is CCOc1c(Br)cc(Cl)cc1NC(=O)CCCCO. The fourth-order valence-corrected chi connectivity index (χ4v) is 2.48. The van der Waals surface area contributed by atoms with Crippen LogP contribution in [0, 0.1) is 0 Å². The largest absolute Gasteiger partial charge is 0.491 e. The molecule has 0 fully saturated rings. The molecule has 0 aliphatic carbocycles. The first-order valence-electron chi connectivity index (χ1n) is 6.11. The maximum atomic E-state index is 11.8. The van der Waals surface area contributed by atoms with Crippen LogP contribution in [-0.4, -0.2) is 24.2 Å². The maximum Gasteiger partial charge on any atom is 0.224 e. The summed E-state index contributed by atoms with van der Waals surface area (Å²) in [7, 11) is 0. The molecule has 0 radical (unpaired) electrons. The molecule has 4 nitrogen and oxygen atoms in total. The number of carbonyl (C=O) groups excluding carboxylic acids is 1. The van der Waals surface area contributed by atoms with E-state index in [1.165, 1.54) is 0 Å². The van der Waals surface area contributed by atoms with Gasteiger partial charge in [-0.15, -0.1) is 0 Å². The second-order valence-electron chi connectivity index (χ2n) is 3.93. The Kier molecular flexibility index (Phi) is 7.20. The van der Waals surface area contributed by atoms with Crippen molar-refractivity contribution in [2.45, 2.75) is 26.2 Å². The normalized spacial score (nSPS) is 10.3. The summed E-state index contributed by atoms with van der Waals surface area (Å²) in [5.74, 6) is 0.450. The van der Waals surface area contributed by atoms with Crippen molar-refractivity contribution < 1.29 is 14.6 Å². The predicted octanol–water partition coefficient (Wildman–Crippen LogP) is 3.60. The number of unbranched alkanes of at least 4 members (excludes halogenated alkanes) is 1. The molecule has 2 N–H and O–H groups in total. The molecule has 1 aromatic rings. The molecule has 0 unspecified atom stereocenters. The van der Waals surface area contributed by atoms with Crippen LogP contribution in [0.1, 0.15) is 26.2 Å². The summed E-state index contributed by atoms with van der Waals surface area (Å²) in [5.41, 5.74) is 0.551. The summed E-state index contributed by atoms with van der Waals surface area (Å²) in [4.78, 5) is 11.8. The van der Waals surface area contributed by atoms with Crippen molar-refractivity contribution in [3.05, 3.63) is 21.6 Å². The Balaban J connectivity index is 2.78. The van der Waals surface area contributed by atoms with Gasteiger partial charge in [0.15, 0.2) is 5.75 Å². The van der Waals surface area contributed by atoms with E-state index < -0.39 is 0 Å². The van der Waals surface area contributed by atoms with Gasteiger partial charge in [-0.05, 0) is 47.8 Å².